The number of para-hydroxylation sites is 1. The summed E-state index contributed by atoms with van der Waals surface area (Å²) in [6.07, 6.45) is 1.55. The Bertz CT molecular complexity index is 520. The number of carbonyl (C=O) groups excluding carboxylic acids is 2. The zero-order valence-electron chi connectivity index (χ0n) is 11.9. The van der Waals surface area contributed by atoms with Gasteiger partial charge in [-0.3, -0.25) is 9.59 Å². The van der Waals surface area contributed by atoms with E-state index in [1.54, 1.807) is 13.8 Å². The van der Waals surface area contributed by atoms with Crippen LogP contribution in [0.25, 0.3) is 0 Å². The molecule has 5 heteroatoms. The third-order valence-corrected chi connectivity index (χ3v) is 3.25. The minimum absolute atomic E-state index is 0.168. The highest BCUT2D eigenvalue weighted by Crippen LogP contribution is 2.21. The number of carbonyl (C=O) groups is 2. The van der Waals surface area contributed by atoms with Gasteiger partial charge in [0.1, 0.15) is 6.04 Å². The Morgan fingerprint density at radius 2 is 2.15 bits per heavy atom. The van der Waals surface area contributed by atoms with E-state index in [-0.39, 0.29) is 18.2 Å². The lowest BCUT2D eigenvalue weighted by Crippen LogP contribution is -2.46. The van der Waals surface area contributed by atoms with E-state index in [1.807, 2.05) is 24.3 Å². The SMILES string of the molecule is CC(C)(N)CC(=O)N[C@@H]1CCc2ccccc2NC1=O. The van der Waals surface area contributed by atoms with E-state index in [0.717, 1.165) is 17.7 Å². The van der Waals surface area contributed by atoms with Gasteiger partial charge in [0, 0.05) is 17.6 Å². The minimum Gasteiger partial charge on any atom is -0.344 e. The summed E-state index contributed by atoms with van der Waals surface area (Å²) in [6, 6.07) is 7.19. The first-order valence-corrected chi connectivity index (χ1v) is 6.82. The van der Waals surface area contributed by atoms with Crippen LogP contribution in [0.15, 0.2) is 24.3 Å². The Labute approximate surface area is 118 Å². The first-order valence-electron chi connectivity index (χ1n) is 6.82. The first kappa shape index (κ1) is 14.5. The molecular formula is C15H21N3O2. The second kappa shape index (κ2) is 5.63. The molecule has 0 bridgehead atoms. The van der Waals surface area contributed by atoms with Gasteiger partial charge >= 0.3 is 0 Å². The summed E-state index contributed by atoms with van der Waals surface area (Å²) in [6.45, 7) is 3.57. The van der Waals surface area contributed by atoms with Crippen LogP contribution < -0.4 is 16.4 Å². The van der Waals surface area contributed by atoms with Gasteiger partial charge in [-0.05, 0) is 38.3 Å². The molecule has 5 nitrogen and oxygen atoms in total. The van der Waals surface area contributed by atoms with Gasteiger partial charge in [-0.1, -0.05) is 18.2 Å². The van der Waals surface area contributed by atoms with Crippen LogP contribution in [0.2, 0.25) is 0 Å². The molecule has 1 aromatic rings. The molecule has 2 amide bonds. The van der Waals surface area contributed by atoms with E-state index in [9.17, 15) is 9.59 Å². The lowest BCUT2D eigenvalue weighted by atomic mass is 10.0. The third kappa shape index (κ3) is 3.81. The number of hydrogen-bond donors (Lipinski definition) is 3. The molecule has 0 aliphatic carbocycles. The quantitative estimate of drug-likeness (QED) is 0.774. The average molecular weight is 275 g/mol. The molecule has 1 heterocycles. The van der Waals surface area contributed by atoms with Crippen molar-refractivity contribution < 1.29 is 9.59 Å². The van der Waals surface area contributed by atoms with Crippen LogP contribution in [0.1, 0.15) is 32.3 Å². The Morgan fingerprint density at radius 1 is 1.45 bits per heavy atom. The molecule has 0 spiro atoms. The average Bonchev–Trinajstić information content (AvgIpc) is 2.47. The van der Waals surface area contributed by atoms with E-state index >= 15 is 0 Å². The largest absolute Gasteiger partial charge is 0.344 e. The molecule has 0 aromatic heterocycles. The molecule has 1 aliphatic heterocycles. The van der Waals surface area contributed by atoms with Crippen LogP contribution in [0.4, 0.5) is 5.69 Å². The second-order valence-corrected chi connectivity index (χ2v) is 5.97. The van der Waals surface area contributed by atoms with Gasteiger partial charge in [-0.25, -0.2) is 0 Å². The van der Waals surface area contributed by atoms with Crippen molar-refractivity contribution in [2.75, 3.05) is 5.32 Å². The molecule has 20 heavy (non-hydrogen) atoms. The fourth-order valence-electron chi connectivity index (χ4n) is 2.31. The molecule has 1 aliphatic rings. The molecule has 0 saturated heterocycles. The monoisotopic (exact) mass is 275 g/mol. The Balaban J connectivity index is 2.02. The molecule has 4 N–H and O–H groups in total. The van der Waals surface area contributed by atoms with Gasteiger partial charge in [-0.2, -0.15) is 0 Å². The summed E-state index contributed by atoms with van der Waals surface area (Å²) in [5.74, 6) is -0.360. The topological polar surface area (TPSA) is 84.2 Å². The predicted octanol–water partition coefficient (Wildman–Crippen LogP) is 1.18. The summed E-state index contributed by atoms with van der Waals surface area (Å²) < 4.78 is 0. The molecule has 2 rings (SSSR count). The zero-order chi connectivity index (χ0) is 14.8. The third-order valence-electron chi connectivity index (χ3n) is 3.25. The smallest absolute Gasteiger partial charge is 0.246 e. The molecule has 0 radical (unpaired) electrons. The van der Waals surface area contributed by atoms with Crippen molar-refractivity contribution in [3.8, 4) is 0 Å². The fraction of sp³-hybridized carbons (Fsp3) is 0.467. The van der Waals surface area contributed by atoms with Crippen molar-refractivity contribution in [2.45, 2.75) is 44.7 Å². The van der Waals surface area contributed by atoms with Crippen LogP contribution in [-0.2, 0) is 16.0 Å². The summed E-state index contributed by atoms with van der Waals surface area (Å²) in [7, 11) is 0. The first-order chi connectivity index (χ1) is 9.35. The van der Waals surface area contributed by atoms with Crippen LogP contribution in [-0.4, -0.2) is 23.4 Å². The number of fused-ring (bicyclic) bond motifs is 1. The van der Waals surface area contributed by atoms with Crippen molar-refractivity contribution in [1.82, 2.24) is 5.32 Å². The van der Waals surface area contributed by atoms with Crippen LogP contribution >= 0.6 is 0 Å². The molecule has 0 saturated carbocycles. The molecule has 0 unspecified atom stereocenters. The Kier molecular flexibility index (Phi) is 4.09. The number of amides is 2. The van der Waals surface area contributed by atoms with Gasteiger partial charge in [0.2, 0.25) is 11.8 Å². The highest BCUT2D eigenvalue weighted by atomic mass is 16.2. The minimum atomic E-state index is -0.575. The van der Waals surface area contributed by atoms with Gasteiger partial charge in [0.05, 0.1) is 0 Å². The summed E-state index contributed by atoms with van der Waals surface area (Å²) in [5.41, 5.74) is 7.16. The number of nitrogens with one attached hydrogen (secondary N) is 2. The van der Waals surface area contributed by atoms with Gasteiger partial charge < -0.3 is 16.4 Å². The predicted molar refractivity (Wildman–Crippen MR) is 78.2 cm³/mol. The molecule has 0 fully saturated rings. The van der Waals surface area contributed by atoms with Crippen molar-refractivity contribution in [3.05, 3.63) is 29.8 Å². The van der Waals surface area contributed by atoms with E-state index in [1.165, 1.54) is 0 Å². The van der Waals surface area contributed by atoms with Crippen molar-refractivity contribution >= 4 is 17.5 Å². The van der Waals surface area contributed by atoms with Gasteiger partial charge in [0.15, 0.2) is 0 Å². The van der Waals surface area contributed by atoms with Gasteiger partial charge in [-0.15, -0.1) is 0 Å². The maximum Gasteiger partial charge on any atom is 0.246 e. The highest BCUT2D eigenvalue weighted by Gasteiger charge is 2.26. The van der Waals surface area contributed by atoms with E-state index in [4.69, 9.17) is 5.73 Å². The molecular weight excluding hydrogens is 254 g/mol. The maximum absolute atomic E-state index is 12.1. The number of rotatable bonds is 3. The number of benzene rings is 1. The van der Waals surface area contributed by atoms with Gasteiger partial charge in [0.25, 0.3) is 0 Å². The second-order valence-electron chi connectivity index (χ2n) is 5.97. The maximum atomic E-state index is 12.1. The zero-order valence-corrected chi connectivity index (χ0v) is 11.9. The van der Waals surface area contributed by atoms with Crippen molar-refractivity contribution in [3.63, 3.8) is 0 Å². The lowest BCUT2D eigenvalue weighted by Gasteiger charge is -2.20. The summed E-state index contributed by atoms with van der Waals surface area (Å²) in [5, 5.41) is 5.62. The van der Waals surface area contributed by atoms with Crippen LogP contribution in [0.3, 0.4) is 0 Å². The van der Waals surface area contributed by atoms with Crippen molar-refractivity contribution in [1.29, 1.82) is 0 Å². The van der Waals surface area contributed by atoms with Crippen LogP contribution in [0.5, 0.6) is 0 Å². The summed E-state index contributed by atoms with van der Waals surface area (Å²) in [4.78, 5) is 24.0. The number of hydrogen-bond acceptors (Lipinski definition) is 3. The van der Waals surface area contributed by atoms with Crippen LogP contribution in [0, 0.1) is 0 Å². The Morgan fingerprint density at radius 3 is 2.85 bits per heavy atom. The summed E-state index contributed by atoms with van der Waals surface area (Å²) >= 11 is 0. The number of aryl methyl sites for hydroxylation is 1. The number of anilines is 1. The molecule has 108 valence electrons. The molecule has 1 atom stereocenters. The van der Waals surface area contributed by atoms with E-state index < -0.39 is 11.6 Å². The fourth-order valence-corrected chi connectivity index (χ4v) is 2.31. The Hall–Kier alpha value is -1.88. The van der Waals surface area contributed by atoms with Crippen molar-refractivity contribution in [2.24, 2.45) is 5.73 Å². The van der Waals surface area contributed by atoms with E-state index in [2.05, 4.69) is 10.6 Å². The standard InChI is InChI=1S/C15H21N3O2/c1-15(2,16)9-13(19)17-12-8-7-10-5-3-4-6-11(10)18-14(12)20/h3-6,12H,7-9,16H2,1-2H3,(H,17,19)(H,18,20)/t12-/m1/s1. The van der Waals surface area contributed by atoms with E-state index in [0.29, 0.717) is 6.42 Å². The number of nitrogens with two attached hydrogens (primary N) is 1. The normalized spacial score (nSPS) is 18.8. The highest BCUT2D eigenvalue weighted by molar-refractivity contribution is 5.98. The molecule has 1 aromatic carbocycles. The lowest BCUT2D eigenvalue weighted by molar-refractivity contribution is -0.127.